The van der Waals surface area contributed by atoms with Crippen molar-refractivity contribution in [3.05, 3.63) is 124 Å². The molecule has 4 aromatic carbocycles. The maximum Gasteiger partial charge on any atom is 0.238 e. The number of nitrogens with two attached hydrogens (primary N) is 1. The van der Waals surface area contributed by atoms with Crippen molar-refractivity contribution < 1.29 is 4.79 Å². The summed E-state index contributed by atoms with van der Waals surface area (Å²) in [6, 6.07) is 30.9. The number of thiol groups is 1. The first-order valence-corrected chi connectivity index (χ1v) is 16.5. The summed E-state index contributed by atoms with van der Waals surface area (Å²) in [7, 11) is 0. The number of rotatable bonds is 11. The molecule has 0 spiro atoms. The van der Waals surface area contributed by atoms with E-state index in [1.807, 2.05) is 47.2 Å². The van der Waals surface area contributed by atoms with Crippen LogP contribution in [0.4, 0.5) is 5.69 Å². The van der Waals surface area contributed by atoms with Gasteiger partial charge in [0.05, 0.1) is 10.7 Å². The predicted octanol–water partition coefficient (Wildman–Crippen LogP) is 9.36. The Balaban J connectivity index is 1.25. The van der Waals surface area contributed by atoms with Crippen LogP contribution in [0.5, 0.6) is 0 Å². The van der Waals surface area contributed by atoms with Crippen molar-refractivity contribution in [3.8, 4) is 28.1 Å². The lowest BCUT2D eigenvalue weighted by atomic mass is 9.96. The third-order valence-electron chi connectivity index (χ3n) is 8.62. The number of primary amides is 1. The van der Waals surface area contributed by atoms with E-state index in [9.17, 15) is 4.79 Å². The number of aromatic nitrogens is 2. The highest BCUT2D eigenvalue weighted by Crippen LogP contribution is 2.33. The van der Waals surface area contributed by atoms with E-state index in [-0.39, 0.29) is 6.54 Å². The van der Waals surface area contributed by atoms with Crippen LogP contribution in [0.25, 0.3) is 28.1 Å². The Morgan fingerprint density at radius 3 is 2.27 bits per heavy atom. The van der Waals surface area contributed by atoms with E-state index >= 15 is 0 Å². The van der Waals surface area contributed by atoms with Gasteiger partial charge >= 0.3 is 0 Å². The minimum Gasteiger partial charge on any atom is -0.368 e. The molecule has 45 heavy (non-hydrogen) atoms. The van der Waals surface area contributed by atoms with Gasteiger partial charge in [-0.3, -0.25) is 4.79 Å². The quantitative estimate of drug-likeness (QED) is 0.139. The van der Waals surface area contributed by atoms with Crippen molar-refractivity contribution in [1.29, 1.82) is 0 Å². The van der Waals surface area contributed by atoms with Gasteiger partial charge < -0.3 is 14.6 Å². The Hall–Kier alpha value is -3.71. The zero-order valence-electron chi connectivity index (χ0n) is 25.0. The van der Waals surface area contributed by atoms with Gasteiger partial charge in [-0.1, -0.05) is 116 Å². The van der Waals surface area contributed by atoms with Gasteiger partial charge in [0, 0.05) is 34.6 Å². The van der Waals surface area contributed by atoms with Gasteiger partial charge in [-0.25, -0.2) is 4.98 Å². The lowest BCUT2D eigenvalue weighted by Crippen LogP contribution is -2.27. The van der Waals surface area contributed by atoms with Gasteiger partial charge in [0.1, 0.15) is 12.4 Å². The molecule has 0 aliphatic heterocycles. The van der Waals surface area contributed by atoms with Crippen LogP contribution < -0.4 is 10.0 Å². The van der Waals surface area contributed by atoms with Crippen LogP contribution in [0.2, 0.25) is 10.0 Å². The van der Waals surface area contributed by atoms with Crippen molar-refractivity contribution >= 4 is 47.6 Å². The third-order valence-corrected chi connectivity index (χ3v) is 9.54. The fourth-order valence-corrected chi connectivity index (χ4v) is 6.94. The lowest BCUT2D eigenvalue weighted by Gasteiger charge is -2.17. The van der Waals surface area contributed by atoms with Crippen LogP contribution in [0.1, 0.15) is 49.1 Å². The fourth-order valence-electron chi connectivity index (χ4n) is 6.17. The van der Waals surface area contributed by atoms with Gasteiger partial charge in [0.25, 0.3) is 0 Å². The summed E-state index contributed by atoms with van der Waals surface area (Å²) in [6.45, 7) is -0.00940. The Kier molecular flexibility index (Phi) is 9.84. The first kappa shape index (κ1) is 31.3. The van der Waals surface area contributed by atoms with Crippen LogP contribution in [0.15, 0.2) is 97.2 Å². The molecule has 1 aliphatic carbocycles. The van der Waals surface area contributed by atoms with Crippen LogP contribution in [0, 0.1) is 5.92 Å². The number of benzene rings is 4. The van der Waals surface area contributed by atoms with Gasteiger partial charge in [0.2, 0.25) is 5.91 Å². The van der Waals surface area contributed by atoms with Crippen LogP contribution in [-0.2, 0) is 17.6 Å². The average Bonchev–Trinajstić information content (AvgIpc) is 3.71. The molecule has 6 rings (SSSR count). The summed E-state index contributed by atoms with van der Waals surface area (Å²) in [5.41, 5.74) is 13.5. The molecule has 5 aromatic rings. The van der Waals surface area contributed by atoms with E-state index in [2.05, 4.69) is 61.3 Å². The number of aryl methyl sites for hydroxylation is 1. The molecule has 1 amide bonds. The Morgan fingerprint density at radius 1 is 0.911 bits per heavy atom. The van der Waals surface area contributed by atoms with Crippen molar-refractivity contribution in [2.45, 2.75) is 44.9 Å². The molecule has 0 saturated heterocycles. The molecule has 1 aromatic heterocycles. The molecular weight excluding hydrogens is 619 g/mol. The Labute approximate surface area is 280 Å². The molecule has 0 atom stereocenters. The summed E-state index contributed by atoms with van der Waals surface area (Å²) in [5, 5.41) is 1.10. The number of imidazole rings is 1. The fraction of sp³-hybridized carbons (Fsp3) is 0.243. The largest absolute Gasteiger partial charge is 0.368 e. The summed E-state index contributed by atoms with van der Waals surface area (Å²) >= 11 is 17.2. The highest BCUT2D eigenvalue weighted by Gasteiger charge is 2.17. The van der Waals surface area contributed by atoms with Gasteiger partial charge in [0.15, 0.2) is 0 Å². The van der Waals surface area contributed by atoms with E-state index in [1.54, 1.807) is 6.07 Å². The standard InChI is InChI=1S/C37H36Cl2N4OS/c38-30-18-19-33(34(39)21-30)35-23-42(31-6-3-7-32(22-31)43(45)24-36(40)44)37(41-35)20-27-12-16-29(17-13-27)28-14-10-26(11-15-28)9-8-25-4-1-2-5-25/h3,6-7,10-19,21-23,25,45H,1-2,4-5,8-9,20,24H2,(H2,40,44). The molecule has 0 unspecified atom stereocenters. The van der Waals surface area contributed by atoms with Crippen LogP contribution >= 0.6 is 36.0 Å². The summed E-state index contributed by atoms with van der Waals surface area (Å²) in [5.74, 6) is 1.29. The van der Waals surface area contributed by atoms with E-state index in [0.29, 0.717) is 16.5 Å². The lowest BCUT2D eigenvalue weighted by molar-refractivity contribution is -0.116. The average molecular weight is 656 g/mol. The number of halogens is 2. The first-order valence-electron chi connectivity index (χ1n) is 15.4. The minimum absolute atomic E-state index is 0.00940. The molecule has 0 radical (unpaired) electrons. The molecule has 2 N–H and O–H groups in total. The normalized spacial score (nSPS) is 13.3. The predicted molar refractivity (Wildman–Crippen MR) is 190 cm³/mol. The number of anilines is 1. The SMILES string of the molecule is NC(=O)CN(S)c1cccc(-n2cc(-c3ccc(Cl)cc3Cl)nc2Cc2ccc(-c3ccc(CCC4CCCC4)cc3)cc2)c1. The number of hydrogen-bond donors (Lipinski definition) is 2. The van der Waals surface area contributed by atoms with Gasteiger partial charge in [-0.2, -0.15) is 0 Å². The summed E-state index contributed by atoms with van der Waals surface area (Å²) in [4.78, 5) is 16.5. The summed E-state index contributed by atoms with van der Waals surface area (Å²) < 4.78 is 3.58. The van der Waals surface area contributed by atoms with Crippen LogP contribution in [-0.4, -0.2) is 22.0 Å². The number of nitrogens with zero attached hydrogens (tertiary/aromatic N) is 3. The van der Waals surface area contributed by atoms with E-state index < -0.39 is 5.91 Å². The van der Waals surface area contributed by atoms with Crippen molar-refractivity contribution in [2.24, 2.45) is 11.7 Å². The second-order valence-electron chi connectivity index (χ2n) is 11.8. The number of carbonyl (C=O) groups excluding carboxylic acids is 1. The number of carbonyl (C=O) groups is 1. The second kappa shape index (κ2) is 14.2. The van der Waals surface area contributed by atoms with Crippen molar-refractivity contribution in [2.75, 3.05) is 10.8 Å². The van der Waals surface area contributed by atoms with Crippen molar-refractivity contribution in [1.82, 2.24) is 9.55 Å². The Morgan fingerprint density at radius 2 is 1.60 bits per heavy atom. The Bertz CT molecular complexity index is 1780. The zero-order valence-corrected chi connectivity index (χ0v) is 27.4. The second-order valence-corrected chi connectivity index (χ2v) is 13.2. The smallest absolute Gasteiger partial charge is 0.238 e. The minimum atomic E-state index is -0.461. The third kappa shape index (κ3) is 7.75. The highest BCUT2D eigenvalue weighted by atomic mass is 35.5. The molecule has 8 heteroatoms. The summed E-state index contributed by atoms with van der Waals surface area (Å²) in [6.07, 6.45) is 10.7. The molecule has 1 aliphatic rings. The monoisotopic (exact) mass is 654 g/mol. The number of amides is 1. The topological polar surface area (TPSA) is 64.2 Å². The van der Waals surface area contributed by atoms with Crippen molar-refractivity contribution in [3.63, 3.8) is 0 Å². The zero-order chi connectivity index (χ0) is 31.3. The maximum absolute atomic E-state index is 11.5. The molecule has 0 bridgehead atoms. The molecule has 230 valence electrons. The van der Waals surface area contributed by atoms with Gasteiger partial charge in [-0.05, 0) is 77.4 Å². The van der Waals surface area contributed by atoms with E-state index in [4.69, 9.17) is 33.9 Å². The first-order chi connectivity index (χ1) is 21.8. The maximum atomic E-state index is 11.5. The van der Waals surface area contributed by atoms with E-state index in [0.717, 1.165) is 39.9 Å². The molecular formula is C37H36Cl2N4OS. The van der Waals surface area contributed by atoms with Gasteiger partial charge in [-0.15, -0.1) is 0 Å². The number of hydrogen-bond acceptors (Lipinski definition) is 4. The molecule has 1 saturated carbocycles. The van der Waals surface area contributed by atoms with Crippen LogP contribution in [0.3, 0.4) is 0 Å². The highest BCUT2D eigenvalue weighted by molar-refractivity contribution is 7.81. The molecule has 1 fully saturated rings. The molecule has 5 nitrogen and oxygen atoms in total. The molecule has 1 heterocycles. The van der Waals surface area contributed by atoms with E-state index in [1.165, 1.54) is 59.5 Å².